The van der Waals surface area contributed by atoms with Gasteiger partial charge in [0.15, 0.2) is 23.0 Å². The number of fused-ring (bicyclic) bond motifs is 1. The normalized spacial score (nSPS) is 26.5. The number of esters is 1. The maximum absolute atomic E-state index is 13.0. The molecular formula is C26H27NO5. The Labute approximate surface area is 187 Å². The summed E-state index contributed by atoms with van der Waals surface area (Å²) in [6, 6.07) is 13.1. The van der Waals surface area contributed by atoms with Gasteiger partial charge >= 0.3 is 5.97 Å². The standard InChI is InChI=1S/C26H27NO5/c1-27-12-11-26-15-20(28)22(31-3)14-18(26)19(27)13-17-9-10-21(30-2)24(23(17)26)32-25(29)16-7-5-4-6-8-16/h4-10,14,18-19H,11-13,15H2,1-3H3/t18-,19+,26-/m1/s1. The highest BCUT2D eigenvalue weighted by atomic mass is 16.6. The average Bonchev–Trinajstić information content (AvgIpc) is 2.81. The summed E-state index contributed by atoms with van der Waals surface area (Å²) >= 11 is 0. The summed E-state index contributed by atoms with van der Waals surface area (Å²) < 4.78 is 17.1. The number of hydrogen-bond donors (Lipinski definition) is 0. The number of likely N-dealkylation sites (tertiary alicyclic amines) is 1. The van der Waals surface area contributed by atoms with Gasteiger partial charge in [-0.1, -0.05) is 24.3 Å². The number of hydrogen-bond acceptors (Lipinski definition) is 6. The first-order valence-electron chi connectivity index (χ1n) is 11.0. The number of carbonyl (C=O) groups is 2. The number of ether oxygens (including phenoxy) is 3. The molecule has 1 heterocycles. The average molecular weight is 434 g/mol. The molecule has 166 valence electrons. The molecule has 0 N–H and O–H groups in total. The summed E-state index contributed by atoms with van der Waals surface area (Å²) in [5.74, 6) is 1.02. The van der Waals surface area contributed by atoms with E-state index >= 15 is 0 Å². The van der Waals surface area contributed by atoms with Crippen molar-refractivity contribution in [3.05, 3.63) is 71.0 Å². The van der Waals surface area contributed by atoms with Crippen molar-refractivity contribution in [1.29, 1.82) is 0 Å². The van der Waals surface area contributed by atoms with Crippen molar-refractivity contribution in [1.82, 2.24) is 4.90 Å². The van der Waals surface area contributed by atoms with E-state index < -0.39 is 11.4 Å². The monoisotopic (exact) mass is 433 g/mol. The second kappa shape index (κ2) is 7.78. The van der Waals surface area contributed by atoms with Crippen LogP contribution in [0.1, 0.15) is 34.3 Å². The van der Waals surface area contributed by atoms with Crippen LogP contribution in [0.4, 0.5) is 0 Å². The van der Waals surface area contributed by atoms with Crippen molar-refractivity contribution in [3.63, 3.8) is 0 Å². The van der Waals surface area contributed by atoms with Crippen molar-refractivity contribution in [2.24, 2.45) is 5.92 Å². The van der Waals surface area contributed by atoms with Gasteiger partial charge < -0.3 is 19.1 Å². The molecule has 1 aliphatic heterocycles. The van der Waals surface area contributed by atoms with Gasteiger partial charge in [0, 0.05) is 29.4 Å². The Morgan fingerprint density at radius 3 is 2.59 bits per heavy atom. The van der Waals surface area contributed by atoms with Gasteiger partial charge in [-0.05, 0) is 56.3 Å². The predicted octanol–water partition coefficient (Wildman–Crippen LogP) is 3.53. The van der Waals surface area contributed by atoms with E-state index in [1.54, 1.807) is 38.5 Å². The molecule has 2 aliphatic carbocycles. The molecule has 1 fully saturated rings. The number of rotatable bonds is 4. The molecule has 3 aliphatic rings. The molecule has 0 unspecified atom stereocenters. The van der Waals surface area contributed by atoms with E-state index in [4.69, 9.17) is 14.2 Å². The Hall–Kier alpha value is -3.12. The minimum atomic E-state index is -0.454. The number of methoxy groups -OCH3 is 2. The van der Waals surface area contributed by atoms with Crippen LogP contribution in [-0.2, 0) is 21.4 Å². The van der Waals surface area contributed by atoms with Crippen LogP contribution in [0.15, 0.2) is 54.3 Å². The molecule has 0 spiro atoms. The molecule has 0 saturated carbocycles. The zero-order valence-corrected chi connectivity index (χ0v) is 18.6. The molecule has 3 atom stereocenters. The SMILES string of the molecule is COC1=C[C@@H]2[C@@H]3Cc4ccc(OC)c(OC(=O)c5ccccc5)c4[C@]2(CCN3C)CC1=O. The number of carbonyl (C=O) groups excluding carboxylic acids is 2. The molecule has 2 aromatic rings. The molecule has 6 nitrogen and oxygen atoms in total. The van der Waals surface area contributed by atoms with Gasteiger partial charge in [-0.2, -0.15) is 0 Å². The van der Waals surface area contributed by atoms with Crippen molar-refractivity contribution in [2.75, 3.05) is 27.8 Å². The summed E-state index contributed by atoms with van der Waals surface area (Å²) in [5.41, 5.74) is 2.07. The van der Waals surface area contributed by atoms with E-state index in [0.717, 1.165) is 30.5 Å². The maximum Gasteiger partial charge on any atom is 0.343 e. The Morgan fingerprint density at radius 1 is 1.09 bits per heavy atom. The molecular weight excluding hydrogens is 406 g/mol. The van der Waals surface area contributed by atoms with Crippen molar-refractivity contribution in [2.45, 2.75) is 30.7 Å². The van der Waals surface area contributed by atoms with E-state index in [1.165, 1.54) is 0 Å². The molecule has 2 aromatic carbocycles. The van der Waals surface area contributed by atoms with Crippen LogP contribution in [0.2, 0.25) is 0 Å². The molecule has 32 heavy (non-hydrogen) atoms. The largest absolute Gasteiger partial charge is 0.493 e. The first kappa shape index (κ1) is 20.8. The second-order valence-corrected chi connectivity index (χ2v) is 8.91. The van der Waals surface area contributed by atoms with Crippen LogP contribution < -0.4 is 9.47 Å². The first-order valence-corrected chi connectivity index (χ1v) is 11.0. The lowest BCUT2D eigenvalue weighted by Gasteiger charge is -2.56. The van der Waals surface area contributed by atoms with E-state index in [0.29, 0.717) is 29.2 Å². The summed E-state index contributed by atoms with van der Waals surface area (Å²) in [5, 5.41) is 0. The van der Waals surface area contributed by atoms with Gasteiger partial charge in [0.05, 0.1) is 19.8 Å². The lowest BCUT2D eigenvalue weighted by molar-refractivity contribution is -0.122. The highest BCUT2D eigenvalue weighted by Gasteiger charge is 2.56. The quantitative estimate of drug-likeness (QED) is 0.543. The number of piperidine rings is 1. The van der Waals surface area contributed by atoms with E-state index in [9.17, 15) is 9.59 Å². The molecule has 0 radical (unpaired) electrons. The fourth-order valence-corrected chi connectivity index (χ4v) is 5.84. The summed E-state index contributed by atoms with van der Waals surface area (Å²) in [7, 11) is 5.26. The van der Waals surface area contributed by atoms with Crippen LogP contribution in [0.3, 0.4) is 0 Å². The first-order chi connectivity index (χ1) is 15.5. The zero-order valence-electron chi connectivity index (χ0n) is 18.6. The lowest BCUT2D eigenvalue weighted by Crippen LogP contribution is -2.60. The van der Waals surface area contributed by atoms with Crippen molar-refractivity contribution >= 4 is 11.8 Å². The Balaban J connectivity index is 1.69. The minimum absolute atomic E-state index is 0.0111. The van der Waals surface area contributed by atoms with Crippen molar-refractivity contribution < 1.29 is 23.8 Å². The second-order valence-electron chi connectivity index (χ2n) is 8.91. The summed E-state index contributed by atoms with van der Waals surface area (Å²) in [4.78, 5) is 28.4. The predicted molar refractivity (Wildman–Crippen MR) is 119 cm³/mol. The minimum Gasteiger partial charge on any atom is -0.493 e. The van der Waals surface area contributed by atoms with Crippen LogP contribution in [-0.4, -0.2) is 50.5 Å². The van der Waals surface area contributed by atoms with Gasteiger partial charge in [-0.25, -0.2) is 4.79 Å². The highest BCUT2D eigenvalue weighted by molar-refractivity contribution is 5.96. The van der Waals surface area contributed by atoms with Gasteiger partial charge in [0.25, 0.3) is 0 Å². The molecule has 0 aromatic heterocycles. The third-order valence-electron chi connectivity index (χ3n) is 7.39. The smallest absolute Gasteiger partial charge is 0.343 e. The van der Waals surface area contributed by atoms with Gasteiger partial charge in [-0.15, -0.1) is 0 Å². The molecule has 0 amide bonds. The molecule has 1 saturated heterocycles. The Morgan fingerprint density at radius 2 is 1.88 bits per heavy atom. The Bertz CT molecular complexity index is 1110. The number of likely N-dealkylation sites (N-methyl/N-ethyl adjacent to an activating group) is 1. The van der Waals surface area contributed by atoms with Crippen molar-refractivity contribution in [3.8, 4) is 11.5 Å². The molecule has 6 heteroatoms. The third kappa shape index (κ3) is 3.05. The third-order valence-corrected chi connectivity index (χ3v) is 7.39. The topological polar surface area (TPSA) is 65.1 Å². The number of allylic oxidation sites excluding steroid dienone is 1. The van der Waals surface area contributed by atoms with Crippen LogP contribution in [0.5, 0.6) is 11.5 Å². The number of Topliss-reactive ketones (excluding diaryl/α,β-unsaturated/α-hetero) is 1. The van der Waals surface area contributed by atoms with Gasteiger partial charge in [0.2, 0.25) is 0 Å². The van der Waals surface area contributed by atoms with Gasteiger partial charge in [0.1, 0.15) is 0 Å². The maximum atomic E-state index is 13.0. The Kier molecular flexibility index (Phi) is 5.05. The molecule has 2 bridgehead atoms. The van der Waals surface area contributed by atoms with Crippen LogP contribution in [0, 0.1) is 5.92 Å². The van der Waals surface area contributed by atoms with Crippen LogP contribution >= 0.6 is 0 Å². The fourth-order valence-electron chi connectivity index (χ4n) is 5.84. The lowest BCUT2D eigenvalue weighted by atomic mass is 9.53. The van der Waals surface area contributed by atoms with E-state index in [2.05, 4.69) is 18.0 Å². The summed E-state index contributed by atoms with van der Waals surface area (Å²) in [6.07, 6.45) is 3.93. The van der Waals surface area contributed by atoms with E-state index in [-0.39, 0.29) is 17.7 Å². The fraction of sp³-hybridized carbons (Fsp3) is 0.385. The highest BCUT2D eigenvalue weighted by Crippen LogP contribution is 2.58. The number of benzene rings is 2. The molecule has 5 rings (SSSR count). The van der Waals surface area contributed by atoms with Gasteiger partial charge in [-0.3, -0.25) is 4.79 Å². The van der Waals surface area contributed by atoms with E-state index in [1.807, 2.05) is 18.2 Å². The summed E-state index contributed by atoms with van der Waals surface area (Å²) in [6.45, 7) is 0.868. The zero-order chi connectivity index (χ0) is 22.5. The van der Waals surface area contributed by atoms with Crippen LogP contribution in [0.25, 0.3) is 0 Å². The number of nitrogens with zero attached hydrogens (tertiary/aromatic N) is 1. The number of ketones is 1.